The fourth-order valence-corrected chi connectivity index (χ4v) is 1.49. The molecule has 1 unspecified atom stereocenters. The molecule has 1 rings (SSSR count). The first-order chi connectivity index (χ1) is 8.90. The Kier molecular flexibility index (Phi) is 5.75. The van der Waals surface area contributed by atoms with Crippen molar-refractivity contribution in [2.75, 3.05) is 26.0 Å². The van der Waals surface area contributed by atoms with Gasteiger partial charge in [-0.3, -0.25) is 4.79 Å². The molecular formula is C12H23N5O2. The highest BCUT2D eigenvalue weighted by molar-refractivity contribution is 5.83. The molecule has 2 N–H and O–H groups in total. The minimum absolute atomic E-state index is 0.0438. The average Bonchev–Trinajstić information content (AvgIpc) is 2.75. The number of hydrogen-bond acceptors (Lipinski definition) is 6. The minimum Gasteiger partial charge on any atom is -0.407 e. The smallest absolute Gasteiger partial charge is 0.316 e. The maximum Gasteiger partial charge on any atom is 0.316 e. The van der Waals surface area contributed by atoms with Crippen LogP contribution in [0.1, 0.15) is 26.7 Å². The first-order valence-corrected chi connectivity index (χ1v) is 6.41. The molecule has 0 bridgehead atoms. The summed E-state index contributed by atoms with van der Waals surface area (Å²) in [4.78, 5) is 13.2. The Morgan fingerprint density at radius 3 is 2.58 bits per heavy atom. The largest absolute Gasteiger partial charge is 0.407 e. The molecule has 108 valence electrons. The number of anilines is 1. The molecular weight excluding hydrogens is 246 g/mol. The van der Waals surface area contributed by atoms with Gasteiger partial charge < -0.3 is 20.0 Å². The van der Waals surface area contributed by atoms with E-state index in [4.69, 9.17) is 4.42 Å². The molecule has 1 heterocycles. The van der Waals surface area contributed by atoms with Crippen molar-refractivity contribution in [1.29, 1.82) is 0 Å². The Balaban J connectivity index is 2.44. The number of aromatic nitrogens is 2. The van der Waals surface area contributed by atoms with Gasteiger partial charge >= 0.3 is 6.01 Å². The van der Waals surface area contributed by atoms with Gasteiger partial charge in [0.2, 0.25) is 11.8 Å². The number of hydrogen-bond donors (Lipinski definition) is 2. The third-order valence-electron chi connectivity index (χ3n) is 2.45. The first kappa shape index (κ1) is 15.4. The van der Waals surface area contributed by atoms with Crippen molar-refractivity contribution in [2.45, 2.75) is 33.4 Å². The summed E-state index contributed by atoms with van der Waals surface area (Å²) < 4.78 is 5.40. The number of nitrogens with zero attached hydrogens (tertiary/aromatic N) is 3. The summed E-state index contributed by atoms with van der Waals surface area (Å²) in [6, 6.07) is -0.129. The number of rotatable bonds is 7. The Morgan fingerprint density at radius 2 is 2.00 bits per heavy atom. The highest BCUT2D eigenvalue weighted by Gasteiger charge is 2.17. The second-order valence-electron chi connectivity index (χ2n) is 5.12. The zero-order valence-corrected chi connectivity index (χ0v) is 12.2. The predicted octanol–water partition coefficient (Wildman–Crippen LogP) is 0.704. The van der Waals surface area contributed by atoms with Crippen LogP contribution in [0, 0.1) is 5.92 Å². The average molecular weight is 269 g/mol. The second kappa shape index (κ2) is 7.08. The third kappa shape index (κ3) is 5.25. The molecule has 7 nitrogen and oxygen atoms in total. The number of nitrogens with one attached hydrogen (secondary N) is 2. The van der Waals surface area contributed by atoms with Crippen LogP contribution in [0.5, 0.6) is 0 Å². The second-order valence-corrected chi connectivity index (χ2v) is 5.12. The summed E-state index contributed by atoms with van der Waals surface area (Å²) in [5, 5.41) is 13.9. The minimum atomic E-state index is -0.396. The molecule has 0 spiro atoms. The summed E-state index contributed by atoms with van der Waals surface area (Å²) >= 11 is 0. The van der Waals surface area contributed by atoms with Crippen LogP contribution in [-0.2, 0) is 11.3 Å². The summed E-state index contributed by atoms with van der Waals surface area (Å²) in [7, 11) is 3.41. The van der Waals surface area contributed by atoms with Gasteiger partial charge in [-0.15, -0.1) is 5.10 Å². The summed E-state index contributed by atoms with van der Waals surface area (Å²) in [5.74, 6) is 1.03. The standard InChI is InChI=1S/C12H23N5O2/c1-8(2)6-13-7-10-15-16-12(19-10)14-9(3)11(18)17(4)5/h8-9,13H,6-7H2,1-5H3,(H,14,16). The van der Waals surface area contributed by atoms with Crippen molar-refractivity contribution < 1.29 is 9.21 Å². The van der Waals surface area contributed by atoms with Crippen LogP contribution in [-0.4, -0.2) is 47.7 Å². The molecule has 0 aromatic carbocycles. The van der Waals surface area contributed by atoms with E-state index >= 15 is 0 Å². The third-order valence-corrected chi connectivity index (χ3v) is 2.45. The number of carbonyl (C=O) groups excluding carboxylic acids is 1. The van der Waals surface area contributed by atoms with Gasteiger partial charge in [0.05, 0.1) is 6.54 Å². The molecule has 0 radical (unpaired) electrons. The van der Waals surface area contributed by atoms with E-state index in [1.165, 1.54) is 4.90 Å². The van der Waals surface area contributed by atoms with Crippen molar-refractivity contribution >= 4 is 11.9 Å². The van der Waals surface area contributed by atoms with E-state index < -0.39 is 6.04 Å². The maximum absolute atomic E-state index is 11.7. The molecule has 0 fully saturated rings. The Morgan fingerprint density at radius 1 is 1.32 bits per heavy atom. The fraction of sp³-hybridized carbons (Fsp3) is 0.750. The van der Waals surface area contributed by atoms with Gasteiger partial charge in [0.25, 0.3) is 0 Å². The van der Waals surface area contributed by atoms with Gasteiger partial charge in [-0.05, 0) is 19.4 Å². The van der Waals surface area contributed by atoms with Crippen LogP contribution >= 0.6 is 0 Å². The lowest BCUT2D eigenvalue weighted by Gasteiger charge is -2.16. The molecule has 1 aromatic heterocycles. The van der Waals surface area contributed by atoms with Gasteiger partial charge in [0.15, 0.2) is 0 Å². The predicted molar refractivity (Wildman–Crippen MR) is 72.6 cm³/mol. The normalized spacial score (nSPS) is 12.5. The fourth-order valence-electron chi connectivity index (χ4n) is 1.49. The van der Waals surface area contributed by atoms with E-state index in [1.54, 1.807) is 21.0 Å². The van der Waals surface area contributed by atoms with Crippen LogP contribution in [0.4, 0.5) is 6.01 Å². The molecule has 1 atom stereocenters. The van der Waals surface area contributed by atoms with E-state index in [0.717, 1.165) is 6.54 Å². The van der Waals surface area contributed by atoms with E-state index in [-0.39, 0.29) is 11.9 Å². The van der Waals surface area contributed by atoms with Crippen LogP contribution in [0.15, 0.2) is 4.42 Å². The summed E-state index contributed by atoms with van der Waals surface area (Å²) in [5.41, 5.74) is 0. The molecule has 0 aliphatic rings. The van der Waals surface area contributed by atoms with Crippen LogP contribution in [0.2, 0.25) is 0 Å². The highest BCUT2D eigenvalue weighted by Crippen LogP contribution is 2.07. The van der Waals surface area contributed by atoms with E-state index in [9.17, 15) is 4.79 Å². The lowest BCUT2D eigenvalue weighted by atomic mass is 10.2. The van der Waals surface area contributed by atoms with Gasteiger partial charge in [-0.1, -0.05) is 18.9 Å². The van der Waals surface area contributed by atoms with Gasteiger partial charge in [-0.2, -0.15) is 0 Å². The maximum atomic E-state index is 11.7. The molecule has 7 heteroatoms. The van der Waals surface area contributed by atoms with E-state index in [1.807, 2.05) is 0 Å². The summed E-state index contributed by atoms with van der Waals surface area (Å²) in [6.07, 6.45) is 0. The highest BCUT2D eigenvalue weighted by atomic mass is 16.4. The van der Waals surface area contributed by atoms with E-state index in [2.05, 4.69) is 34.7 Å². The number of likely N-dealkylation sites (N-methyl/N-ethyl adjacent to an activating group) is 1. The molecule has 0 aliphatic carbocycles. The van der Waals surface area contributed by atoms with Gasteiger partial charge in [0.1, 0.15) is 6.04 Å². The summed E-state index contributed by atoms with van der Waals surface area (Å²) in [6.45, 7) is 7.43. The SMILES string of the molecule is CC(C)CNCc1nnc(NC(C)C(=O)N(C)C)o1. The lowest BCUT2D eigenvalue weighted by molar-refractivity contribution is -0.129. The van der Waals surface area contributed by atoms with Crippen molar-refractivity contribution in [3.8, 4) is 0 Å². The molecule has 0 saturated heterocycles. The van der Waals surface area contributed by atoms with Crippen LogP contribution in [0.3, 0.4) is 0 Å². The Hall–Kier alpha value is -1.63. The molecule has 0 saturated carbocycles. The monoisotopic (exact) mass is 269 g/mol. The van der Waals surface area contributed by atoms with Crippen LogP contribution in [0.25, 0.3) is 0 Å². The number of carbonyl (C=O) groups is 1. The molecule has 1 amide bonds. The molecule has 1 aromatic rings. The van der Waals surface area contributed by atoms with Crippen molar-refractivity contribution in [3.63, 3.8) is 0 Å². The molecule has 0 aliphatic heterocycles. The zero-order chi connectivity index (χ0) is 14.4. The van der Waals surface area contributed by atoms with E-state index in [0.29, 0.717) is 18.4 Å². The topological polar surface area (TPSA) is 83.3 Å². The van der Waals surface area contributed by atoms with Crippen molar-refractivity contribution in [1.82, 2.24) is 20.4 Å². The van der Waals surface area contributed by atoms with Gasteiger partial charge in [-0.25, -0.2) is 0 Å². The Bertz CT molecular complexity index is 403. The van der Waals surface area contributed by atoms with Crippen molar-refractivity contribution in [2.24, 2.45) is 5.92 Å². The zero-order valence-electron chi connectivity index (χ0n) is 12.2. The lowest BCUT2D eigenvalue weighted by Crippen LogP contribution is -2.36. The first-order valence-electron chi connectivity index (χ1n) is 6.41. The van der Waals surface area contributed by atoms with Crippen molar-refractivity contribution in [3.05, 3.63) is 5.89 Å². The number of amides is 1. The quantitative estimate of drug-likeness (QED) is 0.758. The van der Waals surface area contributed by atoms with Gasteiger partial charge in [0, 0.05) is 14.1 Å². The van der Waals surface area contributed by atoms with Crippen LogP contribution < -0.4 is 10.6 Å². The Labute approximate surface area is 113 Å². The molecule has 19 heavy (non-hydrogen) atoms.